The first-order valence-corrected chi connectivity index (χ1v) is 4.32. The number of rotatable bonds is 4. The molecule has 1 radical (unpaired) electrons. The van der Waals surface area contributed by atoms with Crippen molar-refractivity contribution in [2.75, 3.05) is 0 Å². The van der Waals surface area contributed by atoms with E-state index in [4.69, 9.17) is 0 Å². The van der Waals surface area contributed by atoms with Gasteiger partial charge in [0.25, 0.3) is 0 Å². The first kappa shape index (κ1) is 13.4. The maximum atomic E-state index is 12.8. The molecule has 0 amide bonds. The normalized spacial score (nSPS) is 12.3. The highest BCUT2D eigenvalue weighted by Gasteiger charge is 2.58. The Morgan fingerprint density at radius 3 is 2.00 bits per heavy atom. The summed E-state index contributed by atoms with van der Waals surface area (Å²) < 4.78 is 65.8. The van der Waals surface area contributed by atoms with Crippen LogP contribution in [0.15, 0.2) is 24.3 Å². The van der Waals surface area contributed by atoms with E-state index in [-0.39, 0.29) is 12.2 Å². The van der Waals surface area contributed by atoms with E-state index in [1.165, 1.54) is 0 Å². The van der Waals surface area contributed by atoms with Crippen molar-refractivity contribution in [2.45, 2.75) is 18.7 Å². The number of benzene rings is 1. The van der Waals surface area contributed by atoms with Crippen LogP contribution in [0.2, 0.25) is 0 Å². The minimum Gasteiger partial charge on any atom is -0.452 e. The van der Waals surface area contributed by atoms with Crippen LogP contribution in [0.4, 0.5) is 22.0 Å². The lowest BCUT2D eigenvalue weighted by Gasteiger charge is -2.19. The summed E-state index contributed by atoms with van der Waals surface area (Å²) in [5.41, 5.74) is -0.876. The van der Waals surface area contributed by atoms with Crippen molar-refractivity contribution in [1.29, 1.82) is 0 Å². The van der Waals surface area contributed by atoms with Crippen LogP contribution in [-0.4, -0.2) is 12.6 Å². The van der Waals surface area contributed by atoms with Gasteiger partial charge in [-0.25, -0.2) is 4.79 Å². The minimum absolute atomic E-state index is 0.235. The summed E-state index contributed by atoms with van der Waals surface area (Å²) in [5.74, 6) is -4.90. The van der Waals surface area contributed by atoms with Crippen LogP contribution >= 0.6 is 0 Å². The maximum Gasteiger partial charge on any atom is 0.458 e. The second-order valence-electron chi connectivity index (χ2n) is 3.14. The van der Waals surface area contributed by atoms with Gasteiger partial charge in [-0.1, -0.05) is 24.3 Å². The Balaban J connectivity index is 2.91. The van der Waals surface area contributed by atoms with Gasteiger partial charge in [-0.3, -0.25) is 0 Å². The molecule has 1 aromatic rings. The first-order chi connectivity index (χ1) is 7.79. The van der Waals surface area contributed by atoms with Crippen LogP contribution in [0.25, 0.3) is 0 Å². The first-order valence-electron chi connectivity index (χ1n) is 4.32. The molecule has 0 aliphatic heterocycles. The Morgan fingerprint density at radius 1 is 1.06 bits per heavy atom. The highest BCUT2D eigenvalue weighted by molar-refractivity contribution is 5.38. The third-order valence-corrected chi connectivity index (χ3v) is 1.97. The number of halogens is 5. The van der Waals surface area contributed by atoms with E-state index in [9.17, 15) is 26.7 Å². The van der Waals surface area contributed by atoms with Gasteiger partial charge < -0.3 is 4.74 Å². The second kappa shape index (κ2) is 4.68. The molecule has 7 heteroatoms. The molecule has 0 fully saturated rings. The van der Waals surface area contributed by atoms with Crippen LogP contribution in [0.3, 0.4) is 0 Å². The minimum atomic E-state index is -5.64. The molecular weight excluding hydrogens is 247 g/mol. The van der Waals surface area contributed by atoms with Crippen LogP contribution < -0.4 is 0 Å². The van der Waals surface area contributed by atoms with Gasteiger partial charge in [0.05, 0.1) is 0 Å². The summed E-state index contributed by atoms with van der Waals surface area (Å²) >= 11 is 0. The fraction of sp³-hybridized carbons (Fsp3) is 0.300. The van der Waals surface area contributed by atoms with Crippen molar-refractivity contribution in [3.8, 4) is 0 Å². The van der Waals surface area contributed by atoms with E-state index in [0.717, 1.165) is 18.6 Å². The Hall–Kier alpha value is -1.66. The molecule has 0 aliphatic carbocycles. The molecule has 0 aliphatic rings. The molecule has 0 saturated heterocycles. The Labute approximate surface area is 93.0 Å². The van der Waals surface area contributed by atoms with Crippen LogP contribution in [0.5, 0.6) is 0 Å². The third kappa shape index (κ3) is 2.92. The van der Waals surface area contributed by atoms with Gasteiger partial charge in [0.2, 0.25) is 0 Å². The zero-order chi connectivity index (χ0) is 13.1. The van der Waals surface area contributed by atoms with Crippen LogP contribution in [-0.2, 0) is 22.1 Å². The predicted octanol–water partition coefficient (Wildman–Crippen LogP) is 2.92. The van der Waals surface area contributed by atoms with Gasteiger partial charge in [-0.2, -0.15) is 22.0 Å². The van der Waals surface area contributed by atoms with E-state index < -0.39 is 17.7 Å². The van der Waals surface area contributed by atoms with Gasteiger partial charge in [0.1, 0.15) is 6.61 Å². The zero-order valence-electron chi connectivity index (χ0n) is 8.22. The summed E-state index contributed by atoms with van der Waals surface area (Å²) in [4.78, 5) is 9.72. The van der Waals surface area contributed by atoms with E-state index in [0.29, 0.717) is 12.1 Å². The highest BCUT2D eigenvalue weighted by Crippen LogP contribution is 2.43. The van der Waals surface area contributed by atoms with Crippen LogP contribution in [0, 0.1) is 0 Å². The molecule has 2 nitrogen and oxygen atoms in total. The van der Waals surface area contributed by atoms with Gasteiger partial charge in [0.15, 0.2) is 0 Å². The smallest absolute Gasteiger partial charge is 0.452 e. The maximum absolute atomic E-state index is 12.8. The van der Waals surface area contributed by atoms with E-state index in [1.807, 2.05) is 0 Å². The second-order valence-corrected chi connectivity index (χ2v) is 3.14. The molecule has 0 bridgehead atoms. The highest BCUT2D eigenvalue weighted by atomic mass is 19.4. The van der Waals surface area contributed by atoms with Gasteiger partial charge in [-0.05, 0) is 5.56 Å². The van der Waals surface area contributed by atoms with Gasteiger partial charge >= 0.3 is 18.6 Å². The van der Waals surface area contributed by atoms with E-state index >= 15 is 0 Å². The van der Waals surface area contributed by atoms with Crippen molar-refractivity contribution in [3.05, 3.63) is 35.4 Å². The summed E-state index contributed by atoms with van der Waals surface area (Å²) in [6.45, 7) is 0.872. The number of carbonyl (C=O) groups excluding carboxylic acids is 1. The largest absolute Gasteiger partial charge is 0.458 e. The summed E-state index contributed by atoms with van der Waals surface area (Å²) in [6.07, 6.45) is -5.64. The molecule has 0 atom stereocenters. The average molecular weight is 253 g/mol. The average Bonchev–Trinajstić information content (AvgIpc) is 2.25. The quantitative estimate of drug-likeness (QED) is 0.771. The number of ether oxygens (including phenoxy) is 1. The molecule has 93 valence electrons. The molecular formula is C10H6F5O2. The molecule has 0 saturated carbocycles. The van der Waals surface area contributed by atoms with Crippen molar-refractivity contribution in [1.82, 2.24) is 0 Å². The molecule has 0 spiro atoms. The molecule has 0 aromatic heterocycles. The fourth-order valence-corrected chi connectivity index (χ4v) is 1.09. The summed E-state index contributed by atoms with van der Waals surface area (Å²) in [5, 5.41) is 0. The molecule has 0 unspecified atom stereocenters. The summed E-state index contributed by atoms with van der Waals surface area (Å²) in [7, 11) is 0. The molecule has 1 rings (SSSR count). The Morgan fingerprint density at radius 2 is 1.59 bits per heavy atom. The SMILES string of the molecule is O=[C]OCc1ccc(C(F)(F)C(F)(F)F)cc1. The Bertz CT molecular complexity index is 383. The monoisotopic (exact) mass is 253 g/mol. The number of hydrogen-bond acceptors (Lipinski definition) is 2. The molecule has 17 heavy (non-hydrogen) atoms. The lowest BCUT2D eigenvalue weighted by molar-refractivity contribution is -0.289. The van der Waals surface area contributed by atoms with Crippen molar-refractivity contribution < 1.29 is 31.5 Å². The van der Waals surface area contributed by atoms with E-state index in [2.05, 4.69) is 4.74 Å². The molecule has 0 heterocycles. The van der Waals surface area contributed by atoms with Gasteiger partial charge in [-0.15, -0.1) is 0 Å². The molecule has 0 N–H and O–H groups in total. The standard InChI is InChI=1S/C10H6F5O2/c11-9(12,10(13,14)15)8-3-1-7(2-4-8)5-17-6-16/h1-4H,5H2. The third-order valence-electron chi connectivity index (χ3n) is 1.97. The van der Waals surface area contributed by atoms with Crippen molar-refractivity contribution in [3.63, 3.8) is 0 Å². The van der Waals surface area contributed by atoms with Crippen molar-refractivity contribution >= 4 is 6.47 Å². The lowest BCUT2D eigenvalue weighted by Crippen LogP contribution is -2.33. The van der Waals surface area contributed by atoms with Gasteiger partial charge in [0, 0.05) is 5.56 Å². The fourth-order valence-electron chi connectivity index (χ4n) is 1.09. The lowest BCUT2D eigenvalue weighted by atomic mass is 10.1. The Kier molecular flexibility index (Phi) is 3.69. The van der Waals surface area contributed by atoms with Crippen molar-refractivity contribution in [2.24, 2.45) is 0 Å². The van der Waals surface area contributed by atoms with Crippen LogP contribution in [0.1, 0.15) is 11.1 Å². The number of alkyl halides is 5. The molecule has 1 aromatic carbocycles. The summed E-state index contributed by atoms with van der Waals surface area (Å²) in [6, 6.07) is 3.31. The van der Waals surface area contributed by atoms with E-state index in [1.54, 1.807) is 0 Å². The number of hydrogen-bond donors (Lipinski definition) is 0. The predicted molar refractivity (Wildman–Crippen MR) is 46.9 cm³/mol. The zero-order valence-corrected chi connectivity index (χ0v) is 8.22. The topological polar surface area (TPSA) is 26.3 Å².